The van der Waals surface area contributed by atoms with Crippen LogP contribution in [0.5, 0.6) is 5.75 Å². The summed E-state index contributed by atoms with van der Waals surface area (Å²) in [5.74, 6) is 0.960. The number of nitrogens with one attached hydrogen (secondary N) is 1. The van der Waals surface area contributed by atoms with Gasteiger partial charge < -0.3 is 14.8 Å². The first-order chi connectivity index (χ1) is 8.42. The van der Waals surface area contributed by atoms with Crippen molar-refractivity contribution in [2.45, 2.75) is 26.2 Å². The molecule has 1 aliphatic rings. The van der Waals surface area contributed by atoms with Crippen molar-refractivity contribution in [1.82, 2.24) is 0 Å². The molecular formula is C14H21NO2. The second kappa shape index (κ2) is 6.50. The van der Waals surface area contributed by atoms with Crippen LogP contribution < -0.4 is 10.1 Å². The standard InChI is InChI=1S/C14H21NO2/c1-2-9-16-10-11-17-13-7-3-5-12-6-4-8-15-14(12)13/h3,5,7,15H,2,4,6,8-11H2,1H3. The summed E-state index contributed by atoms with van der Waals surface area (Å²) >= 11 is 0. The van der Waals surface area contributed by atoms with Gasteiger partial charge in [-0.15, -0.1) is 0 Å². The van der Waals surface area contributed by atoms with Gasteiger partial charge in [-0.3, -0.25) is 0 Å². The van der Waals surface area contributed by atoms with Crippen LogP contribution in [0.2, 0.25) is 0 Å². The summed E-state index contributed by atoms with van der Waals surface area (Å²) in [4.78, 5) is 0. The molecule has 0 atom stereocenters. The van der Waals surface area contributed by atoms with Crippen LogP contribution in [0.25, 0.3) is 0 Å². The highest BCUT2D eigenvalue weighted by atomic mass is 16.5. The first kappa shape index (κ1) is 12.2. The number of ether oxygens (including phenoxy) is 2. The van der Waals surface area contributed by atoms with Crippen LogP contribution in [-0.4, -0.2) is 26.4 Å². The summed E-state index contributed by atoms with van der Waals surface area (Å²) in [5, 5.41) is 3.42. The highest BCUT2D eigenvalue weighted by molar-refractivity contribution is 5.63. The van der Waals surface area contributed by atoms with E-state index in [1.165, 1.54) is 17.7 Å². The number of rotatable bonds is 6. The number of hydrogen-bond donors (Lipinski definition) is 1. The Morgan fingerprint density at radius 3 is 3.06 bits per heavy atom. The molecule has 0 saturated carbocycles. The van der Waals surface area contributed by atoms with Crippen molar-refractivity contribution in [3.63, 3.8) is 0 Å². The lowest BCUT2D eigenvalue weighted by Gasteiger charge is -2.21. The maximum absolute atomic E-state index is 5.76. The zero-order chi connectivity index (χ0) is 11.9. The number of para-hydroxylation sites is 1. The second-order valence-electron chi connectivity index (χ2n) is 4.28. The molecule has 0 aliphatic carbocycles. The van der Waals surface area contributed by atoms with E-state index in [1.807, 2.05) is 6.07 Å². The molecular weight excluding hydrogens is 214 g/mol. The van der Waals surface area contributed by atoms with Gasteiger partial charge in [-0.05, 0) is 30.9 Å². The van der Waals surface area contributed by atoms with E-state index in [2.05, 4.69) is 24.4 Å². The smallest absolute Gasteiger partial charge is 0.142 e. The molecule has 1 aromatic rings. The van der Waals surface area contributed by atoms with Gasteiger partial charge in [0.15, 0.2) is 0 Å². The Labute approximate surface area is 103 Å². The molecule has 3 nitrogen and oxygen atoms in total. The summed E-state index contributed by atoms with van der Waals surface area (Å²) in [6, 6.07) is 6.26. The number of benzene rings is 1. The summed E-state index contributed by atoms with van der Waals surface area (Å²) in [6.07, 6.45) is 3.41. The number of fused-ring (bicyclic) bond motifs is 1. The molecule has 0 unspecified atom stereocenters. The number of aryl methyl sites for hydroxylation is 1. The van der Waals surface area contributed by atoms with Crippen molar-refractivity contribution in [3.8, 4) is 5.75 Å². The minimum Gasteiger partial charge on any atom is -0.489 e. The van der Waals surface area contributed by atoms with Crippen molar-refractivity contribution in [2.75, 3.05) is 31.7 Å². The fourth-order valence-electron chi connectivity index (χ4n) is 2.06. The third-order valence-electron chi connectivity index (χ3n) is 2.87. The van der Waals surface area contributed by atoms with Crippen LogP contribution in [-0.2, 0) is 11.2 Å². The Kier molecular flexibility index (Phi) is 4.68. The van der Waals surface area contributed by atoms with Gasteiger partial charge in [0.05, 0.1) is 12.3 Å². The van der Waals surface area contributed by atoms with Crippen LogP contribution in [0, 0.1) is 0 Å². The molecule has 1 heterocycles. The van der Waals surface area contributed by atoms with E-state index in [4.69, 9.17) is 9.47 Å². The molecule has 2 rings (SSSR count). The quantitative estimate of drug-likeness (QED) is 0.769. The van der Waals surface area contributed by atoms with Crippen molar-refractivity contribution < 1.29 is 9.47 Å². The summed E-state index contributed by atoms with van der Waals surface area (Å²) in [5.41, 5.74) is 2.54. The first-order valence-electron chi connectivity index (χ1n) is 6.48. The zero-order valence-corrected chi connectivity index (χ0v) is 10.5. The van der Waals surface area contributed by atoms with Gasteiger partial charge in [0, 0.05) is 13.2 Å². The van der Waals surface area contributed by atoms with Crippen LogP contribution in [0.3, 0.4) is 0 Å². The van der Waals surface area contributed by atoms with E-state index in [0.717, 1.165) is 31.7 Å². The molecule has 0 spiro atoms. The average Bonchev–Trinajstić information content (AvgIpc) is 2.39. The Bertz CT molecular complexity index is 352. The molecule has 1 aromatic carbocycles. The predicted octanol–water partition coefficient (Wildman–Crippen LogP) is 2.85. The minimum absolute atomic E-state index is 0.623. The van der Waals surface area contributed by atoms with Crippen LogP contribution in [0.15, 0.2) is 18.2 Å². The molecule has 1 N–H and O–H groups in total. The first-order valence-corrected chi connectivity index (χ1v) is 6.48. The van der Waals surface area contributed by atoms with E-state index < -0.39 is 0 Å². The lowest BCUT2D eigenvalue weighted by Crippen LogP contribution is -2.14. The van der Waals surface area contributed by atoms with Gasteiger partial charge in [-0.2, -0.15) is 0 Å². The fourth-order valence-corrected chi connectivity index (χ4v) is 2.06. The largest absolute Gasteiger partial charge is 0.489 e. The van der Waals surface area contributed by atoms with Crippen molar-refractivity contribution in [3.05, 3.63) is 23.8 Å². The summed E-state index contributed by atoms with van der Waals surface area (Å²) in [6.45, 7) is 5.25. The molecule has 0 aromatic heterocycles. The van der Waals surface area contributed by atoms with Crippen LogP contribution >= 0.6 is 0 Å². The normalized spacial score (nSPS) is 13.9. The zero-order valence-electron chi connectivity index (χ0n) is 10.5. The average molecular weight is 235 g/mol. The maximum atomic E-state index is 5.76. The van der Waals surface area contributed by atoms with Crippen molar-refractivity contribution in [1.29, 1.82) is 0 Å². The fraction of sp³-hybridized carbons (Fsp3) is 0.571. The molecule has 3 heteroatoms. The van der Waals surface area contributed by atoms with Gasteiger partial charge in [0.1, 0.15) is 12.4 Å². The lowest BCUT2D eigenvalue weighted by molar-refractivity contribution is 0.101. The van der Waals surface area contributed by atoms with E-state index >= 15 is 0 Å². The SMILES string of the molecule is CCCOCCOc1cccc2c1NCCC2. The van der Waals surface area contributed by atoms with E-state index in [1.54, 1.807) is 0 Å². The molecule has 0 amide bonds. The molecule has 0 fully saturated rings. The third-order valence-corrected chi connectivity index (χ3v) is 2.87. The maximum Gasteiger partial charge on any atom is 0.142 e. The van der Waals surface area contributed by atoms with Gasteiger partial charge in [0.2, 0.25) is 0 Å². The Morgan fingerprint density at radius 1 is 1.24 bits per heavy atom. The molecule has 94 valence electrons. The Hall–Kier alpha value is -1.22. The van der Waals surface area contributed by atoms with Crippen molar-refractivity contribution >= 4 is 5.69 Å². The molecule has 0 saturated heterocycles. The van der Waals surface area contributed by atoms with E-state index in [0.29, 0.717) is 13.2 Å². The molecule has 1 aliphatic heterocycles. The highest BCUT2D eigenvalue weighted by Gasteiger charge is 2.12. The summed E-state index contributed by atoms with van der Waals surface area (Å²) < 4.78 is 11.2. The highest BCUT2D eigenvalue weighted by Crippen LogP contribution is 2.31. The number of hydrogen-bond acceptors (Lipinski definition) is 3. The van der Waals surface area contributed by atoms with Crippen molar-refractivity contribution in [2.24, 2.45) is 0 Å². The van der Waals surface area contributed by atoms with E-state index in [-0.39, 0.29) is 0 Å². The van der Waals surface area contributed by atoms with Crippen LogP contribution in [0.1, 0.15) is 25.3 Å². The molecule has 0 radical (unpaired) electrons. The summed E-state index contributed by atoms with van der Waals surface area (Å²) in [7, 11) is 0. The Morgan fingerprint density at radius 2 is 2.18 bits per heavy atom. The number of anilines is 1. The molecule has 0 bridgehead atoms. The minimum atomic E-state index is 0.623. The monoisotopic (exact) mass is 235 g/mol. The Balaban J connectivity index is 1.87. The predicted molar refractivity (Wildman–Crippen MR) is 69.9 cm³/mol. The van der Waals surface area contributed by atoms with E-state index in [9.17, 15) is 0 Å². The van der Waals surface area contributed by atoms with Gasteiger partial charge >= 0.3 is 0 Å². The second-order valence-corrected chi connectivity index (χ2v) is 4.28. The topological polar surface area (TPSA) is 30.5 Å². The molecule has 17 heavy (non-hydrogen) atoms. The van der Waals surface area contributed by atoms with Gasteiger partial charge in [0.25, 0.3) is 0 Å². The van der Waals surface area contributed by atoms with Gasteiger partial charge in [-0.25, -0.2) is 0 Å². The third kappa shape index (κ3) is 3.37. The van der Waals surface area contributed by atoms with Gasteiger partial charge in [-0.1, -0.05) is 19.1 Å². The van der Waals surface area contributed by atoms with Crippen LogP contribution in [0.4, 0.5) is 5.69 Å². The lowest BCUT2D eigenvalue weighted by atomic mass is 10.0.